The van der Waals surface area contributed by atoms with E-state index in [1.807, 2.05) is 0 Å². The average Bonchev–Trinajstić information content (AvgIpc) is 2.91. The highest BCUT2D eigenvalue weighted by molar-refractivity contribution is 9.10. The molecule has 16 heavy (non-hydrogen) atoms. The smallest absolute Gasteiger partial charge is 0.307 e. The minimum absolute atomic E-state index is 0.00120. The first-order valence-electron chi connectivity index (χ1n) is 4.94. The van der Waals surface area contributed by atoms with Gasteiger partial charge < -0.3 is 9.84 Å². The van der Waals surface area contributed by atoms with Crippen molar-refractivity contribution in [3.8, 4) is 5.75 Å². The van der Waals surface area contributed by atoms with Crippen molar-refractivity contribution in [1.29, 1.82) is 0 Å². The molecule has 1 aromatic rings. The van der Waals surface area contributed by atoms with Crippen LogP contribution in [0.25, 0.3) is 0 Å². The van der Waals surface area contributed by atoms with Gasteiger partial charge in [-0.2, -0.15) is 0 Å². The van der Waals surface area contributed by atoms with Crippen LogP contribution in [0.1, 0.15) is 11.5 Å². The number of ether oxygens (including phenoxy) is 1. The molecular formula is C11H8BrFO3. The van der Waals surface area contributed by atoms with Crippen molar-refractivity contribution in [2.45, 2.75) is 5.92 Å². The summed E-state index contributed by atoms with van der Waals surface area (Å²) in [5.41, 5.74) is 0.676. The van der Waals surface area contributed by atoms with Crippen molar-refractivity contribution >= 4 is 21.9 Å². The van der Waals surface area contributed by atoms with Crippen molar-refractivity contribution in [3.63, 3.8) is 0 Å². The quantitative estimate of drug-likeness (QED) is 0.862. The van der Waals surface area contributed by atoms with Crippen LogP contribution < -0.4 is 4.74 Å². The molecule has 3 unspecified atom stereocenters. The number of carboxylic acids is 1. The van der Waals surface area contributed by atoms with E-state index in [1.54, 1.807) is 0 Å². The van der Waals surface area contributed by atoms with E-state index in [4.69, 9.17) is 9.84 Å². The second-order valence-corrected chi connectivity index (χ2v) is 5.02. The average molecular weight is 287 g/mol. The molecule has 1 aromatic carbocycles. The predicted octanol–water partition coefficient (Wildman–Crippen LogP) is 2.39. The molecule has 3 atom stereocenters. The molecule has 5 heteroatoms. The zero-order chi connectivity index (χ0) is 11.4. The van der Waals surface area contributed by atoms with Gasteiger partial charge in [-0.15, -0.1) is 0 Å². The van der Waals surface area contributed by atoms with Crippen LogP contribution in [0.15, 0.2) is 16.6 Å². The maximum Gasteiger partial charge on any atom is 0.307 e. The summed E-state index contributed by atoms with van der Waals surface area (Å²) in [5, 5.41) is 8.99. The lowest BCUT2D eigenvalue weighted by molar-refractivity contribution is -0.139. The first-order chi connectivity index (χ1) is 7.59. The summed E-state index contributed by atoms with van der Waals surface area (Å²) in [6, 6.07) is 2.71. The minimum Gasteiger partial charge on any atom is -0.492 e. The van der Waals surface area contributed by atoms with Gasteiger partial charge in [-0.25, -0.2) is 4.39 Å². The minimum atomic E-state index is -0.827. The Labute approximate surface area is 99.3 Å². The van der Waals surface area contributed by atoms with Gasteiger partial charge in [0, 0.05) is 17.4 Å². The Bertz CT molecular complexity index is 488. The Morgan fingerprint density at radius 2 is 2.31 bits per heavy atom. The third-order valence-electron chi connectivity index (χ3n) is 3.27. The normalized spacial score (nSPS) is 30.0. The van der Waals surface area contributed by atoms with Gasteiger partial charge in [-0.05, 0) is 28.1 Å². The Balaban J connectivity index is 2.07. The number of hydrogen-bond donors (Lipinski definition) is 1. The first-order valence-corrected chi connectivity index (χ1v) is 5.73. The Morgan fingerprint density at radius 1 is 1.56 bits per heavy atom. The van der Waals surface area contributed by atoms with Crippen LogP contribution in [0.2, 0.25) is 0 Å². The van der Waals surface area contributed by atoms with Gasteiger partial charge in [-0.3, -0.25) is 4.79 Å². The first kappa shape index (κ1) is 10.1. The van der Waals surface area contributed by atoms with Crippen LogP contribution in [-0.4, -0.2) is 17.7 Å². The molecule has 1 aliphatic heterocycles. The maximum absolute atomic E-state index is 13.2. The largest absolute Gasteiger partial charge is 0.492 e. The Morgan fingerprint density at radius 3 is 3.00 bits per heavy atom. The van der Waals surface area contributed by atoms with Crippen molar-refractivity contribution in [1.82, 2.24) is 0 Å². The van der Waals surface area contributed by atoms with Crippen molar-refractivity contribution in [2.75, 3.05) is 6.61 Å². The molecule has 84 valence electrons. The maximum atomic E-state index is 13.2. The molecule has 3 nitrogen and oxygen atoms in total. The molecule has 0 radical (unpaired) electrons. The lowest BCUT2D eigenvalue weighted by Gasteiger charge is -2.17. The number of rotatable bonds is 1. The fourth-order valence-electron chi connectivity index (χ4n) is 2.50. The number of halogens is 2. The van der Waals surface area contributed by atoms with Crippen LogP contribution in [0.4, 0.5) is 4.39 Å². The van der Waals surface area contributed by atoms with Gasteiger partial charge in [0.25, 0.3) is 0 Å². The van der Waals surface area contributed by atoms with Crippen LogP contribution in [0.3, 0.4) is 0 Å². The summed E-state index contributed by atoms with van der Waals surface area (Å²) in [6.45, 7) is 0.402. The topological polar surface area (TPSA) is 46.5 Å². The number of fused-ring (bicyclic) bond motifs is 3. The van der Waals surface area contributed by atoms with Crippen molar-refractivity contribution in [3.05, 3.63) is 28.0 Å². The predicted molar refractivity (Wildman–Crippen MR) is 57.0 cm³/mol. The molecule has 1 fully saturated rings. The standard InChI is InChI=1S/C11H8BrFO3/c12-7-2-4(13)1-5-8-6(3-16-10(5)7)9(8)11(14)15/h1-2,6,8-9H,3H2,(H,14,15). The molecule has 3 rings (SSSR count). The summed E-state index contributed by atoms with van der Waals surface area (Å²) < 4.78 is 19.3. The molecule has 1 N–H and O–H groups in total. The lowest BCUT2D eigenvalue weighted by Crippen LogP contribution is -2.09. The fourth-order valence-corrected chi connectivity index (χ4v) is 3.06. The van der Waals surface area contributed by atoms with Gasteiger partial charge >= 0.3 is 5.97 Å². The third kappa shape index (κ3) is 1.27. The molecule has 0 aromatic heterocycles. The summed E-state index contributed by atoms with van der Waals surface area (Å²) in [5.74, 6) is -1.12. The fraction of sp³-hybridized carbons (Fsp3) is 0.364. The van der Waals surface area contributed by atoms with Gasteiger partial charge in [0.15, 0.2) is 0 Å². The van der Waals surface area contributed by atoms with E-state index in [1.165, 1.54) is 12.1 Å². The van der Waals surface area contributed by atoms with E-state index in [2.05, 4.69) is 15.9 Å². The zero-order valence-corrected chi connectivity index (χ0v) is 9.70. The molecule has 1 aliphatic carbocycles. The van der Waals surface area contributed by atoms with Gasteiger partial charge in [-0.1, -0.05) is 0 Å². The molecular weight excluding hydrogens is 279 g/mol. The summed E-state index contributed by atoms with van der Waals surface area (Å²) >= 11 is 3.22. The summed E-state index contributed by atoms with van der Waals surface area (Å²) in [4.78, 5) is 10.9. The number of hydrogen-bond acceptors (Lipinski definition) is 2. The highest BCUT2D eigenvalue weighted by Crippen LogP contribution is 2.60. The second kappa shape index (κ2) is 3.20. The Kier molecular flexibility index (Phi) is 2.01. The molecule has 0 bridgehead atoms. The third-order valence-corrected chi connectivity index (χ3v) is 3.86. The van der Waals surface area contributed by atoms with Crippen LogP contribution in [-0.2, 0) is 4.79 Å². The SMILES string of the molecule is O=C(O)C1C2COc3c(Br)cc(F)cc3C21. The highest BCUT2D eigenvalue weighted by atomic mass is 79.9. The number of aliphatic carboxylic acids is 1. The molecule has 0 saturated heterocycles. The zero-order valence-electron chi connectivity index (χ0n) is 8.11. The van der Waals surface area contributed by atoms with Crippen LogP contribution in [0, 0.1) is 17.7 Å². The monoisotopic (exact) mass is 286 g/mol. The lowest BCUT2D eigenvalue weighted by atomic mass is 10.1. The molecule has 1 heterocycles. The second-order valence-electron chi connectivity index (χ2n) is 4.17. The van der Waals surface area contributed by atoms with E-state index < -0.39 is 11.9 Å². The van der Waals surface area contributed by atoms with Crippen LogP contribution >= 0.6 is 15.9 Å². The van der Waals surface area contributed by atoms with Gasteiger partial charge in [0.1, 0.15) is 11.6 Å². The van der Waals surface area contributed by atoms with Gasteiger partial charge in [0.05, 0.1) is 17.0 Å². The van der Waals surface area contributed by atoms with Crippen LogP contribution in [0.5, 0.6) is 5.75 Å². The number of carbonyl (C=O) groups is 1. The molecule has 0 spiro atoms. The molecule has 2 aliphatic rings. The summed E-state index contributed by atoms with van der Waals surface area (Å²) in [7, 11) is 0. The summed E-state index contributed by atoms with van der Waals surface area (Å²) in [6.07, 6.45) is 0. The van der Waals surface area contributed by atoms with E-state index in [-0.39, 0.29) is 17.7 Å². The van der Waals surface area contributed by atoms with E-state index >= 15 is 0 Å². The Hall–Kier alpha value is -1.10. The van der Waals surface area contributed by atoms with Crippen molar-refractivity contribution < 1.29 is 19.0 Å². The molecule has 1 saturated carbocycles. The number of benzene rings is 1. The van der Waals surface area contributed by atoms with Crippen molar-refractivity contribution in [2.24, 2.45) is 11.8 Å². The van der Waals surface area contributed by atoms with Gasteiger partial charge in [0.2, 0.25) is 0 Å². The van der Waals surface area contributed by atoms with E-state index in [9.17, 15) is 9.18 Å². The highest BCUT2D eigenvalue weighted by Gasteiger charge is 2.59. The molecule has 0 amide bonds. The number of carboxylic acid groups (broad SMARTS) is 1. The van der Waals surface area contributed by atoms with E-state index in [0.29, 0.717) is 22.4 Å². The van der Waals surface area contributed by atoms with E-state index in [0.717, 1.165) is 0 Å².